The summed E-state index contributed by atoms with van der Waals surface area (Å²) in [5.41, 5.74) is 1.35. The Morgan fingerprint density at radius 3 is 2.87 bits per heavy atom. The van der Waals surface area contributed by atoms with E-state index < -0.39 is 0 Å². The maximum absolute atomic E-state index is 10.5. The molecule has 2 atom stereocenters. The average Bonchev–Trinajstić information content (AvgIpc) is 3.03. The summed E-state index contributed by atoms with van der Waals surface area (Å²) in [6.45, 7) is 2.23. The van der Waals surface area contributed by atoms with E-state index in [0.717, 1.165) is 30.8 Å². The molecule has 0 amide bonds. The zero-order valence-electron chi connectivity index (χ0n) is 13.6. The van der Waals surface area contributed by atoms with E-state index in [1.54, 1.807) is 11.3 Å². The Morgan fingerprint density at radius 2 is 2.09 bits per heavy atom. The maximum atomic E-state index is 10.5. The summed E-state index contributed by atoms with van der Waals surface area (Å²) >= 11 is 1.66. The van der Waals surface area contributed by atoms with Crippen molar-refractivity contribution >= 4 is 11.3 Å². The molecule has 1 N–H and O–H groups in total. The van der Waals surface area contributed by atoms with E-state index in [-0.39, 0.29) is 6.10 Å². The Morgan fingerprint density at radius 1 is 1.22 bits per heavy atom. The highest BCUT2D eigenvalue weighted by atomic mass is 32.1. The minimum absolute atomic E-state index is 0.318. The van der Waals surface area contributed by atoms with Crippen molar-refractivity contribution in [2.24, 2.45) is 0 Å². The van der Waals surface area contributed by atoms with Gasteiger partial charge in [-0.15, -0.1) is 11.3 Å². The van der Waals surface area contributed by atoms with E-state index in [0.29, 0.717) is 6.04 Å². The van der Waals surface area contributed by atoms with Crippen LogP contribution in [0.5, 0.6) is 0 Å². The first-order valence-corrected chi connectivity index (χ1v) is 9.55. The van der Waals surface area contributed by atoms with Crippen molar-refractivity contribution in [3.63, 3.8) is 0 Å². The maximum Gasteiger partial charge on any atom is 0.0896 e. The Bertz CT molecular complexity index is 558. The average molecular weight is 330 g/mol. The summed E-state index contributed by atoms with van der Waals surface area (Å²) in [7, 11) is 0. The largest absolute Gasteiger partial charge is 0.388 e. The zero-order valence-corrected chi connectivity index (χ0v) is 14.4. The van der Waals surface area contributed by atoms with Crippen LogP contribution < -0.4 is 0 Å². The topological polar surface area (TPSA) is 36.4 Å². The van der Waals surface area contributed by atoms with Gasteiger partial charge in [-0.3, -0.25) is 9.88 Å². The Hall–Kier alpha value is -1.23. The molecule has 3 rings (SSSR count). The second-order valence-electron chi connectivity index (χ2n) is 6.41. The van der Waals surface area contributed by atoms with Crippen molar-refractivity contribution in [1.82, 2.24) is 9.88 Å². The van der Waals surface area contributed by atoms with Crippen LogP contribution in [0.2, 0.25) is 0 Å². The fourth-order valence-corrected chi connectivity index (χ4v) is 4.20. The summed E-state index contributed by atoms with van der Waals surface area (Å²) in [5, 5.41) is 12.6. The molecule has 2 aromatic rings. The van der Waals surface area contributed by atoms with E-state index in [2.05, 4.69) is 22.0 Å². The van der Waals surface area contributed by atoms with E-state index in [4.69, 9.17) is 0 Å². The first kappa shape index (κ1) is 16.6. The molecule has 0 saturated carbocycles. The third kappa shape index (κ3) is 4.87. The second kappa shape index (κ2) is 8.57. The van der Waals surface area contributed by atoms with Crippen LogP contribution in [0.3, 0.4) is 0 Å². The van der Waals surface area contributed by atoms with E-state index in [9.17, 15) is 5.11 Å². The Labute approximate surface area is 143 Å². The number of hydrogen-bond donors (Lipinski definition) is 1. The molecule has 124 valence electrons. The minimum atomic E-state index is -0.318. The Kier molecular flexibility index (Phi) is 6.20. The molecule has 1 aliphatic heterocycles. The third-order valence-electron chi connectivity index (χ3n) is 4.80. The second-order valence-corrected chi connectivity index (χ2v) is 7.39. The molecule has 3 heterocycles. The van der Waals surface area contributed by atoms with Crippen molar-refractivity contribution in [1.29, 1.82) is 0 Å². The van der Waals surface area contributed by atoms with Gasteiger partial charge in [0.2, 0.25) is 0 Å². The number of rotatable bonds is 6. The molecule has 0 spiro atoms. The molecular weight excluding hydrogens is 304 g/mol. The highest BCUT2D eigenvalue weighted by Crippen LogP contribution is 2.28. The quantitative estimate of drug-likeness (QED) is 0.868. The van der Waals surface area contributed by atoms with Gasteiger partial charge in [-0.25, -0.2) is 0 Å². The lowest BCUT2D eigenvalue weighted by Gasteiger charge is -2.31. The van der Waals surface area contributed by atoms with Gasteiger partial charge in [0.25, 0.3) is 0 Å². The third-order valence-corrected chi connectivity index (χ3v) is 5.78. The molecule has 1 fully saturated rings. The lowest BCUT2D eigenvalue weighted by Crippen LogP contribution is -2.37. The van der Waals surface area contributed by atoms with Crippen molar-refractivity contribution in [2.75, 3.05) is 13.1 Å². The van der Waals surface area contributed by atoms with Gasteiger partial charge in [0, 0.05) is 29.9 Å². The van der Waals surface area contributed by atoms with Crippen LogP contribution in [0.1, 0.15) is 48.6 Å². The predicted molar refractivity (Wildman–Crippen MR) is 95.7 cm³/mol. The smallest absolute Gasteiger partial charge is 0.0896 e. The van der Waals surface area contributed by atoms with E-state index >= 15 is 0 Å². The van der Waals surface area contributed by atoms with Crippen molar-refractivity contribution in [3.8, 4) is 0 Å². The van der Waals surface area contributed by atoms with Gasteiger partial charge in [-0.05, 0) is 61.4 Å². The molecule has 2 aromatic heterocycles. The number of hydrogen-bond acceptors (Lipinski definition) is 4. The highest BCUT2D eigenvalue weighted by Gasteiger charge is 2.24. The number of nitrogens with zero attached hydrogens (tertiary/aromatic N) is 2. The van der Waals surface area contributed by atoms with Crippen LogP contribution >= 0.6 is 11.3 Å². The highest BCUT2D eigenvalue weighted by molar-refractivity contribution is 7.10. The van der Waals surface area contributed by atoms with Crippen LogP contribution in [0.25, 0.3) is 0 Å². The van der Waals surface area contributed by atoms with Crippen molar-refractivity contribution in [2.45, 2.75) is 50.7 Å². The normalized spacial score (nSPS) is 21.0. The van der Waals surface area contributed by atoms with Crippen LogP contribution in [0.4, 0.5) is 0 Å². The molecule has 4 heteroatoms. The predicted octanol–water partition coefficient (Wildman–Crippen LogP) is 4.05. The van der Waals surface area contributed by atoms with Crippen molar-refractivity contribution < 1.29 is 5.11 Å². The minimum Gasteiger partial charge on any atom is -0.388 e. The number of likely N-dealkylation sites (tertiary alicyclic amines) is 1. The van der Waals surface area contributed by atoms with E-state index in [1.165, 1.54) is 31.2 Å². The van der Waals surface area contributed by atoms with Crippen molar-refractivity contribution in [3.05, 3.63) is 52.5 Å². The lowest BCUT2D eigenvalue weighted by molar-refractivity contribution is 0.104. The fraction of sp³-hybridized carbons (Fsp3) is 0.526. The van der Waals surface area contributed by atoms with Crippen LogP contribution in [-0.2, 0) is 6.42 Å². The van der Waals surface area contributed by atoms with Gasteiger partial charge in [0.05, 0.1) is 6.10 Å². The summed E-state index contributed by atoms with van der Waals surface area (Å²) < 4.78 is 0. The first-order valence-electron chi connectivity index (χ1n) is 8.67. The lowest BCUT2D eigenvalue weighted by atomic mass is 10.0. The molecule has 23 heavy (non-hydrogen) atoms. The molecular formula is C19H26N2OS. The van der Waals surface area contributed by atoms with Crippen LogP contribution in [0.15, 0.2) is 42.0 Å². The van der Waals surface area contributed by atoms with Crippen LogP contribution in [-0.4, -0.2) is 34.1 Å². The van der Waals surface area contributed by atoms with Gasteiger partial charge >= 0.3 is 0 Å². The van der Waals surface area contributed by atoms with Gasteiger partial charge in [-0.1, -0.05) is 18.9 Å². The standard InChI is InChI=1S/C19H26N2OS/c22-18(19-6-4-14-23-19)15-17-5-2-1-3-12-21(17)13-9-16-7-10-20-11-8-16/h4,6-8,10-11,14,17-18,22H,1-3,5,9,12-13,15H2. The molecule has 1 aliphatic rings. The number of thiophene rings is 1. The molecule has 0 aliphatic carbocycles. The number of aliphatic hydroxyl groups is 1. The zero-order chi connectivity index (χ0) is 15.9. The summed E-state index contributed by atoms with van der Waals surface area (Å²) in [6, 6.07) is 8.78. The van der Waals surface area contributed by atoms with Gasteiger partial charge in [0.15, 0.2) is 0 Å². The van der Waals surface area contributed by atoms with E-state index in [1.807, 2.05) is 29.9 Å². The molecule has 1 saturated heterocycles. The summed E-state index contributed by atoms with van der Waals surface area (Å²) in [5.74, 6) is 0. The Balaban J connectivity index is 1.60. The molecule has 3 nitrogen and oxygen atoms in total. The molecule has 2 unspecified atom stereocenters. The summed E-state index contributed by atoms with van der Waals surface area (Å²) in [4.78, 5) is 7.79. The molecule has 0 radical (unpaired) electrons. The first-order chi connectivity index (χ1) is 11.3. The molecule has 0 aromatic carbocycles. The SMILES string of the molecule is OC(CC1CCCCCN1CCc1ccncc1)c1cccs1. The van der Waals surface area contributed by atoms with Gasteiger partial charge < -0.3 is 5.11 Å². The van der Waals surface area contributed by atoms with Gasteiger partial charge in [-0.2, -0.15) is 0 Å². The fourth-order valence-electron chi connectivity index (χ4n) is 3.47. The number of pyridine rings is 1. The number of aliphatic hydroxyl groups excluding tert-OH is 1. The summed E-state index contributed by atoms with van der Waals surface area (Å²) in [6.07, 6.45) is 10.4. The van der Waals surface area contributed by atoms with Crippen LogP contribution in [0, 0.1) is 0 Å². The molecule has 0 bridgehead atoms. The number of aromatic nitrogens is 1. The monoisotopic (exact) mass is 330 g/mol. The van der Waals surface area contributed by atoms with Gasteiger partial charge in [0.1, 0.15) is 0 Å².